The van der Waals surface area contributed by atoms with E-state index < -0.39 is 36.3 Å². The van der Waals surface area contributed by atoms with Gasteiger partial charge in [-0.05, 0) is 42.3 Å². The predicted molar refractivity (Wildman–Crippen MR) is 107 cm³/mol. The Balaban J connectivity index is 2.10. The van der Waals surface area contributed by atoms with E-state index >= 15 is 0 Å². The molecule has 0 spiro atoms. The van der Waals surface area contributed by atoms with Crippen LogP contribution in [0.5, 0.6) is 11.5 Å². The van der Waals surface area contributed by atoms with Gasteiger partial charge in [-0.2, -0.15) is 26.3 Å². The second-order valence-corrected chi connectivity index (χ2v) is 6.88. The van der Waals surface area contributed by atoms with Crippen LogP contribution < -0.4 is 20.1 Å². The van der Waals surface area contributed by atoms with E-state index in [9.17, 15) is 35.9 Å². The molecule has 0 bridgehead atoms. The summed E-state index contributed by atoms with van der Waals surface area (Å²) in [6.07, 6.45) is -9.24. The van der Waals surface area contributed by atoms with Crippen LogP contribution in [-0.4, -0.2) is 31.7 Å². The Kier molecular flexibility index (Phi) is 8.18. The molecule has 0 aromatic heterocycles. The lowest BCUT2D eigenvalue weighted by Gasteiger charge is -2.15. The lowest BCUT2D eigenvalue weighted by atomic mass is 10.1. The molecule has 180 valence electrons. The molecule has 0 aliphatic rings. The summed E-state index contributed by atoms with van der Waals surface area (Å²) in [5.41, 5.74) is -0.714. The van der Waals surface area contributed by atoms with Gasteiger partial charge < -0.3 is 20.1 Å². The van der Waals surface area contributed by atoms with E-state index in [4.69, 9.17) is 4.74 Å². The van der Waals surface area contributed by atoms with E-state index in [0.717, 1.165) is 12.1 Å². The summed E-state index contributed by atoms with van der Waals surface area (Å²) in [7, 11) is 1.24. The molecule has 2 aromatic carbocycles. The molecule has 0 saturated heterocycles. The summed E-state index contributed by atoms with van der Waals surface area (Å²) in [6, 6.07) is 6.61. The summed E-state index contributed by atoms with van der Waals surface area (Å²) < 4.78 is 85.7. The zero-order valence-electron chi connectivity index (χ0n) is 17.5. The lowest BCUT2D eigenvalue weighted by molar-refractivity contribution is -0.153. The number of halogens is 6. The Hall–Kier alpha value is -3.44. The zero-order valence-corrected chi connectivity index (χ0v) is 17.5. The van der Waals surface area contributed by atoms with Crippen LogP contribution in [0.25, 0.3) is 0 Å². The molecule has 0 heterocycles. The van der Waals surface area contributed by atoms with Crippen molar-refractivity contribution in [3.63, 3.8) is 0 Å². The van der Waals surface area contributed by atoms with Gasteiger partial charge in [-0.25, -0.2) is 0 Å². The van der Waals surface area contributed by atoms with E-state index in [1.54, 1.807) is 0 Å². The van der Waals surface area contributed by atoms with E-state index in [1.165, 1.54) is 32.2 Å². The van der Waals surface area contributed by atoms with Gasteiger partial charge in [0.05, 0.1) is 24.0 Å². The van der Waals surface area contributed by atoms with Crippen LogP contribution in [0.1, 0.15) is 24.5 Å². The van der Waals surface area contributed by atoms with Gasteiger partial charge in [0, 0.05) is 13.3 Å². The monoisotopic (exact) mass is 478 g/mol. The number of carbonyl (C=O) groups excluding carboxylic acids is 2. The van der Waals surface area contributed by atoms with Crippen molar-refractivity contribution in [3.05, 3.63) is 47.5 Å². The fraction of sp³-hybridized carbons (Fsp3) is 0.333. The first-order valence-electron chi connectivity index (χ1n) is 9.43. The van der Waals surface area contributed by atoms with Gasteiger partial charge in [0.1, 0.15) is 0 Å². The fourth-order valence-electron chi connectivity index (χ4n) is 2.74. The maximum atomic E-state index is 13.0. The number of amides is 2. The molecule has 0 aliphatic carbocycles. The van der Waals surface area contributed by atoms with Gasteiger partial charge in [-0.1, -0.05) is 6.07 Å². The number of aryl methyl sites for hydroxylation is 1. The van der Waals surface area contributed by atoms with E-state index in [0.29, 0.717) is 11.6 Å². The van der Waals surface area contributed by atoms with Crippen LogP contribution in [0.4, 0.5) is 37.7 Å². The van der Waals surface area contributed by atoms with Crippen LogP contribution in [0.15, 0.2) is 36.4 Å². The van der Waals surface area contributed by atoms with E-state index in [1.807, 2.05) is 0 Å². The quantitative estimate of drug-likeness (QED) is 0.513. The minimum atomic E-state index is -4.65. The molecule has 6 nitrogen and oxygen atoms in total. The van der Waals surface area contributed by atoms with Crippen LogP contribution in [0.3, 0.4) is 0 Å². The Labute approximate surface area is 184 Å². The van der Waals surface area contributed by atoms with Crippen molar-refractivity contribution in [2.45, 2.75) is 32.1 Å². The molecule has 2 amide bonds. The third-order valence-electron chi connectivity index (χ3n) is 4.19. The fourth-order valence-corrected chi connectivity index (χ4v) is 2.74. The maximum Gasteiger partial charge on any atom is 0.422 e. The van der Waals surface area contributed by atoms with Crippen molar-refractivity contribution in [3.8, 4) is 11.5 Å². The number of hydrogen-bond donors (Lipinski definition) is 2. The second kappa shape index (κ2) is 10.5. The number of hydrogen-bond acceptors (Lipinski definition) is 4. The summed E-state index contributed by atoms with van der Waals surface area (Å²) in [5, 5.41) is 4.68. The van der Waals surface area contributed by atoms with Gasteiger partial charge in [-0.3, -0.25) is 9.59 Å². The van der Waals surface area contributed by atoms with Crippen molar-refractivity contribution in [2.75, 3.05) is 24.4 Å². The van der Waals surface area contributed by atoms with Gasteiger partial charge in [0.25, 0.3) is 0 Å². The molecule has 0 saturated carbocycles. The molecule has 33 heavy (non-hydrogen) atoms. The highest BCUT2D eigenvalue weighted by molar-refractivity contribution is 5.99. The van der Waals surface area contributed by atoms with Crippen LogP contribution in [0, 0.1) is 0 Å². The highest BCUT2D eigenvalue weighted by Gasteiger charge is 2.31. The molecular weight excluding hydrogens is 458 g/mol. The first kappa shape index (κ1) is 25.8. The number of anilines is 2. The van der Waals surface area contributed by atoms with Gasteiger partial charge >= 0.3 is 12.4 Å². The molecule has 2 aromatic rings. The smallest absolute Gasteiger partial charge is 0.422 e. The average molecular weight is 478 g/mol. The minimum absolute atomic E-state index is 0.00307. The van der Waals surface area contributed by atoms with Crippen molar-refractivity contribution in [2.24, 2.45) is 0 Å². The zero-order chi connectivity index (χ0) is 24.8. The Morgan fingerprint density at radius 3 is 2.18 bits per heavy atom. The van der Waals surface area contributed by atoms with Gasteiger partial charge in [-0.15, -0.1) is 0 Å². The van der Waals surface area contributed by atoms with Crippen LogP contribution >= 0.6 is 0 Å². The first-order chi connectivity index (χ1) is 15.3. The number of carbonyl (C=O) groups is 2. The number of benzene rings is 2. The summed E-state index contributed by atoms with van der Waals surface area (Å²) in [6.45, 7) is -0.336. The molecule has 0 radical (unpaired) electrons. The first-order valence-corrected chi connectivity index (χ1v) is 9.43. The highest BCUT2D eigenvalue weighted by Crippen LogP contribution is 2.34. The molecule has 12 heteroatoms. The van der Waals surface area contributed by atoms with Crippen molar-refractivity contribution < 1.29 is 45.4 Å². The minimum Gasteiger partial charge on any atom is -0.493 e. The average Bonchev–Trinajstić information content (AvgIpc) is 2.70. The number of ether oxygens (including phenoxy) is 2. The molecule has 2 N–H and O–H groups in total. The maximum absolute atomic E-state index is 13.0. The molecule has 0 unspecified atom stereocenters. The second-order valence-electron chi connectivity index (χ2n) is 6.88. The summed E-state index contributed by atoms with van der Waals surface area (Å²) in [5.74, 6) is -1.28. The number of methoxy groups -OCH3 is 1. The molecular formula is C21H20F6N2O4. The number of alkyl halides is 6. The molecule has 0 fully saturated rings. The molecule has 0 aliphatic heterocycles. The lowest BCUT2D eigenvalue weighted by Crippen LogP contribution is -2.19. The third kappa shape index (κ3) is 8.20. The predicted octanol–water partition coefficient (Wildman–Crippen LogP) is 5.18. The normalized spacial score (nSPS) is 11.6. The van der Waals surface area contributed by atoms with Crippen molar-refractivity contribution in [1.29, 1.82) is 0 Å². The van der Waals surface area contributed by atoms with Crippen molar-refractivity contribution in [1.82, 2.24) is 0 Å². The molecule has 2 rings (SSSR count). The van der Waals surface area contributed by atoms with Gasteiger partial charge in [0.15, 0.2) is 18.1 Å². The standard InChI is InChI=1S/C21H20F6N2O4/c1-12(30)28-15-6-5-14(21(25,26)27)10-16(15)29-19(31)8-4-13-3-7-17(18(9-13)32-2)33-11-20(22,23)24/h3,5-7,9-10H,4,8,11H2,1-2H3,(H,28,30)(H,29,31). The van der Waals surface area contributed by atoms with Gasteiger partial charge in [0.2, 0.25) is 11.8 Å². The Morgan fingerprint density at radius 1 is 0.909 bits per heavy atom. The van der Waals surface area contributed by atoms with Crippen LogP contribution in [-0.2, 0) is 22.2 Å². The largest absolute Gasteiger partial charge is 0.493 e. The topological polar surface area (TPSA) is 76.7 Å². The highest BCUT2D eigenvalue weighted by atomic mass is 19.4. The van der Waals surface area contributed by atoms with Crippen LogP contribution in [0.2, 0.25) is 0 Å². The summed E-state index contributed by atoms with van der Waals surface area (Å²) >= 11 is 0. The Morgan fingerprint density at radius 2 is 1.61 bits per heavy atom. The third-order valence-corrected chi connectivity index (χ3v) is 4.19. The molecule has 0 atom stereocenters. The SMILES string of the molecule is COc1cc(CCC(=O)Nc2cc(C(F)(F)F)ccc2NC(C)=O)ccc1OCC(F)(F)F. The number of rotatable bonds is 8. The van der Waals surface area contributed by atoms with Crippen molar-refractivity contribution >= 4 is 23.2 Å². The van der Waals surface area contributed by atoms with E-state index in [2.05, 4.69) is 15.4 Å². The van der Waals surface area contributed by atoms with E-state index in [-0.39, 0.29) is 35.7 Å². The number of nitrogens with one attached hydrogen (secondary N) is 2. The Bertz CT molecular complexity index is 1010. The summed E-state index contributed by atoms with van der Waals surface area (Å²) in [4.78, 5) is 23.6.